The van der Waals surface area contributed by atoms with Gasteiger partial charge < -0.3 is 10.6 Å². The Labute approximate surface area is 172 Å². The molecular formula is C20H20N6O3S. The molecule has 1 fully saturated rings. The van der Waals surface area contributed by atoms with Gasteiger partial charge in [-0.2, -0.15) is 5.10 Å². The van der Waals surface area contributed by atoms with Gasteiger partial charge in [0.25, 0.3) is 5.56 Å². The number of hydrogen-bond donors (Lipinski definition) is 3. The second-order valence-corrected chi connectivity index (χ2v) is 9.23. The van der Waals surface area contributed by atoms with Gasteiger partial charge in [-0.3, -0.25) is 9.69 Å². The number of aromatic nitrogens is 2. The lowest BCUT2D eigenvalue weighted by atomic mass is 10.1. The molecule has 0 aliphatic carbocycles. The van der Waals surface area contributed by atoms with Gasteiger partial charge in [0.15, 0.2) is 11.2 Å². The molecule has 2 aliphatic heterocycles. The van der Waals surface area contributed by atoms with E-state index in [0.29, 0.717) is 48.5 Å². The fraction of sp³-hybridized carbons (Fsp3) is 0.250. The van der Waals surface area contributed by atoms with Crippen molar-refractivity contribution in [1.82, 2.24) is 20.4 Å². The third-order valence-electron chi connectivity index (χ3n) is 5.36. The lowest BCUT2D eigenvalue weighted by molar-refractivity contribution is 0.249. The Morgan fingerprint density at radius 2 is 1.77 bits per heavy atom. The van der Waals surface area contributed by atoms with Gasteiger partial charge in [-0.15, -0.1) is 0 Å². The van der Waals surface area contributed by atoms with Crippen LogP contribution in [0.4, 0.5) is 11.5 Å². The van der Waals surface area contributed by atoms with Crippen molar-refractivity contribution in [3.8, 4) is 0 Å². The van der Waals surface area contributed by atoms with Crippen LogP contribution < -0.4 is 16.2 Å². The van der Waals surface area contributed by atoms with Gasteiger partial charge in [0.2, 0.25) is 9.84 Å². The zero-order chi connectivity index (χ0) is 20.7. The Hall–Kier alpha value is -3.08. The molecule has 3 heterocycles. The highest BCUT2D eigenvalue weighted by Crippen LogP contribution is 2.34. The minimum Gasteiger partial charge on any atom is -0.324 e. The maximum atomic E-state index is 13.7. The van der Waals surface area contributed by atoms with E-state index >= 15 is 0 Å². The average Bonchev–Trinajstić information content (AvgIpc) is 2.77. The molecule has 9 nitrogen and oxygen atoms in total. The van der Waals surface area contributed by atoms with Crippen LogP contribution >= 0.6 is 0 Å². The summed E-state index contributed by atoms with van der Waals surface area (Å²) in [4.78, 5) is 18.9. The van der Waals surface area contributed by atoms with Crippen molar-refractivity contribution in [2.24, 2.45) is 4.99 Å². The van der Waals surface area contributed by atoms with Crippen LogP contribution in [0, 0.1) is 0 Å². The largest absolute Gasteiger partial charge is 0.324 e. The van der Waals surface area contributed by atoms with Gasteiger partial charge >= 0.3 is 0 Å². The van der Waals surface area contributed by atoms with Crippen molar-refractivity contribution >= 4 is 38.0 Å². The topological polar surface area (TPSA) is 120 Å². The SMILES string of the molecule is O=c1[nH]nc2c3c(cccc13)N=C(C(N1CCNCC1)S(=O)(=O)c1ccccc1)N2. The highest BCUT2D eigenvalue weighted by molar-refractivity contribution is 7.92. The van der Waals surface area contributed by atoms with Crippen LogP contribution in [0.3, 0.4) is 0 Å². The van der Waals surface area contributed by atoms with E-state index in [1.807, 2.05) is 4.90 Å². The first-order valence-corrected chi connectivity index (χ1v) is 11.2. The summed E-state index contributed by atoms with van der Waals surface area (Å²) >= 11 is 0. The van der Waals surface area contributed by atoms with Crippen LogP contribution in [0.15, 0.2) is 63.2 Å². The summed E-state index contributed by atoms with van der Waals surface area (Å²) in [6, 6.07) is 13.6. The van der Waals surface area contributed by atoms with E-state index in [4.69, 9.17) is 0 Å². The van der Waals surface area contributed by atoms with Crippen molar-refractivity contribution in [3.05, 3.63) is 58.9 Å². The van der Waals surface area contributed by atoms with Crippen molar-refractivity contribution in [2.45, 2.75) is 10.3 Å². The number of piperazine rings is 1. The lowest BCUT2D eigenvalue weighted by Gasteiger charge is -2.35. The van der Waals surface area contributed by atoms with Crippen LogP contribution in [-0.4, -0.2) is 60.9 Å². The van der Waals surface area contributed by atoms with Crippen LogP contribution in [0.25, 0.3) is 10.8 Å². The lowest BCUT2D eigenvalue weighted by Crippen LogP contribution is -2.55. The summed E-state index contributed by atoms with van der Waals surface area (Å²) in [6.07, 6.45) is 0. The Balaban J connectivity index is 1.68. The summed E-state index contributed by atoms with van der Waals surface area (Å²) in [7, 11) is -3.77. The Morgan fingerprint density at radius 1 is 1.00 bits per heavy atom. The first kappa shape index (κ1) is 18.9. The number of rotatable bonds is 4. The summed E-state index contributed by atoms with van der Waals surface area (Å²) < 4.78 is 27.4. The predicted molar refractivity (Wildman–Crippen MR) is 115 cm³/mol. The molecule has 1 atom stereocenters. The van der Waals surface area contributed by atoms with Crippen molar-refractivity contribution in [2.75, 3.05) is 31.5 Å². The monoisotopic (exact) mass is 424 g/mol. The van der Waals surface area contributed by atoms with Gasteiger partial charge in [-0.1, -0.05) is 24.3 Å². The molecule has 3 aromatic rings. The molecule has 1 saturated heterocycles. The molecule has 154 valence electrons. The number of anilines is 1. The van der Waals surface area contributed by atoms with Gasteiger partial charge in [0, 0.05) is 26.2 Å². The molecule has 0 radical (unpaired) electrons. The third kappa shape index (κ3) is 3.09. The number of aliphatic imine (C=N–C) groups is 1. The number of H-pyrrole nitrogens is 1. The Bertz CT molecular complexity index is 1300. The average molecular weight is 424 g/mol. The maximum absolute atomic E-state index is 13.7. The quantitative estimate of drug-likeness (QED) is 0.573. The van der Waals surface area contributed by atoms with Crippen molar-refractivity contribution in [3.63, 3.8) is 0 Å². The van der Waals surface area contributed by atoms with Gasteiger partial charge in [0.1, 0.15) is 5.84 Å². The molecule has 2 aliphatic rings. The van der Waals surface area contributed by atoms with E-state index < -0.39 is 15.2 Å². The molecule has 30 heavy (non-hydrogen) atoms. The molecular weight excluding hydrogens is 404 g/mol. The molecule has 5 rings (SSSR count). The minimum atomic E-state index is -3.77. The second kappa shape index (κ2) is 7.31. The molecule has 0 saturated carbocycles. The van der Waals surface area contributed by atoms with Gasteiger partial charge in [0.05, 0.1) is 21.4 Å². The number of amidine groups is 1. The molecule has 0 bridgehead atoms. The van der Waals surface area contributed by atoms with Crippen LogP contribution in [0.2, 0.25) is 0 Å². The first-order chi connectivity index (χ1) is 14.6. The zero-order valence-corrected chi connectivity index (χ0v) is 16.8. The summed E-state index contributed by atoms with van der Waals surface area (Å²) in [5, 5.41) is 13.0. The summed E-state index contributed by atoms with van der Waals surface area (Å²) in [6.45, 7) is 2.50. The fourth-order valence-corrected chi connectivity index (χ4v) is 5.76. The highest BCUT2D eigenvalue weighted by atomic mass is 32.2. The number of benzene rings is 2. The minimum absolute atomic E-state index is 0.233. The second-order valence-electron chi connectivity index (χ2n) is 7.22. The highest BCUT2D eigenvalue weighted by Gasteiger charge is 2.39. The Morgan fingerprint density at radius 3 is 2.53 bits per heavy atom. The van der Waals surface area contributed by atoms with E-state index in [-0.39, 0.29) is 16.3 Å². The molecule has 0 spiro atoms. The van der Waals surface area contributed by atoms with E-state index in [2.05, 4.69) is 25.8 Å². The number of nitrogens with one attached hydrogen (secondary N) is 3. The maximum Gasteiger partial charge on any atom is 0.272 e. The van der Waals surface area contributed by atoms with Crippen LogP contribution in [0.5, 0.6) is 0 Å². The third-order valence-corrected chi connectivity index (χ3v) is 7.40. The first-order valence-electron chi connectivity index (χ1n) is 9.66. The van der Waals surface area contributed by atoms with Crippen molar-refractivity contribution in [1.29, 1.82) is 0 Å². The standard InChI is InChI=1S/C20H20N6O3S/c27-19-14-7-4-8-15-16(14)17(24-25-19)23-18(22-15)20(26-11-9-21-10-12-26)30(28,29)13-5-2-1-3-6-13/h1-8,20-21H,9-12H2,(H,25,27)(H,22,23,24). The molecule has 1 aromatic heterocycles. The van der Waals surface area contributed by atoms with Crippen LogP contribution in [0.1, 0.15) is 0 Å². The van der Waals surface area contributed by atoms with Gasteiger partial charge in [-0.05, 0) is 24.3 Å². The van der Waals surface area contributed by atoms with Gasteiger partial charge in [-0.25, -0.2) is 18.5 Å². The van der Waals surface area contributed by atoms with E-state index in [1.54, 1.807) is 48.5 Å². The molecule has 3 N–H and O–H groups in total. The van der Waals surface area contributed by atoms with E-state index in [0.717, 1.165) is 0 Å². The molecule has 2 aromatic carbocycles. The molecule has 0 amide bonds. The van der Waals surface area contributed by atoms with Crippen LogP contribution in [-0.2, 0) is 9.84 Å². The zero-order valence-electron chi connectivity index (χ0n) is 16.0. The number of hydrogen-bond acceptors (Lipinski definition) is 8. The van der Waals surface area contributed by atoms with E-state index in [9.17, 15) is 13.2 Å². The number of nitrogens with zero attached hydrogens (tertiary/aromatic N) is 3. The summed E-state index contributed by atoms with van der Waals surface area (Å²) in [5.74, 6) is 0.675. The predicted octanol–water partition coefficient (Wildman–Crippen LogP) is 1.08. The molecule has 1 unspecified atom stereocenters. The summed E-state index contributed by atoms with van der Waals surface area (Å²) in [5.41, 5.74) is 0.213. The molecule has 10 heteroatoms. The smallest absolute Gasteiger partial charge is 0.272 e. The fourth-order valence-electron chi connectivity index (χ4n) is 3.95. The Kier molecular flexibility index (Phi) is 4.61. The van der Waals surface area contributed by atoms with Crippen molar-refractivity contribution < 1.29 is 8.42 Å². The van der Waals surface area contributed by atoms with E-state index in [1.165, 1.54) is 0 Å². The number of sulfone groups is 1. The normalized spacial score (nSPS) is 17.9. The number of aromatic amines is 1.